The van der Waals surface area contributed by atoms with E-state index in [-0.39, 0.29) is 12.2 Å². The number of carbonyl (C=O) groups is 1. The lowest BCUT2D eigenvalue weighted by atomic mass is 10.0. The summed E-state index contributed by atoms with van der Waals surface area (Å²) in [5, 5.41) is 24.2. The monoisotopic (exact) mass is 455 g/mol. The average molecular weight is 456 g/mol. The minimum absolute atomic E-state index is 0.185. The quantitative estimate of drug-likeness (QED) is 0.276. The van der Waals surface area contributed by atoms with Crippen molar-refractivity contribution in [3.05, 3.63) is 42.2 Å². The van der Waals surface area contributed by atoms with Crippen molar-refractivity contribution in [1.29, 1.82) is 0 Å². The number of hydrogen-bond acceptors (Lipinski definition) is 9. The molecule has 1 saturated heterocycles. The second-order valence-corrected chi connectivity index (χ2v) is 8.18. The molecule has 4 rings (SSSR count). The van der Waals surface area contributed by atoms with Crippen molar-refractivity contribution < 1.29 is 19.7 Å². The minimum atomic E-state index is -1.19. The zero-order valence-electron chi connectivity index (χ0n) is 18.2. The summed E-state index contributed by atoms with van der Waals surface area (Å²) < 4.78 is 7.44. The summed E-state index contributed by atoms with van der Waals surface area (Å²) in [7, 11) is 0. The summed E-state index contributed by atoms with van der Waals surface area (Å²) in [5.74, 6) is 0.132. The van der Waals surface area contributed by atoms with Crippen LogP contribution in [0.4, 0.5) is 11.8 Å². The fourth-order valence-corrected chi connectivity index (χ4v) is 4.02. The van der Waals surface area contributed by atoms with E-state index in [4.69, 9.17) is 16.2 Å². The van der Waals surface area contributed by atoms with Gasteiger partial charge in [0.25, 0.3) is 0 Å². The van der Waals surface area contributed by atoms with Crippen LogP contribution in [0, 0.1) is 0 Å². The Labute approximate surface area is 190 Å². The third-order valence-corrected chi connectivity index (χ3v) is 5.74. The summed E-state index contributed by atoms with van der Waals surface area (Å²) in [6.45, 7) is 0.650. The maximum Gasteiger partial charge on any atom is 0.226 e. The number of benzene rings is 1. The Hall–Kier alpha value is -3.28. The molecule has 1 aliphatic heterocycles. The number of hydrogen-bond donors (Lipinski definition) is 5. The highest BCUT2D eigenvalue weighted by Gasteiger charge is 2.44. The number of nitrogens with one attached hydrogen (secondary N) is 1. The number of aryl methyl sites for hydroxylation is 1. The number of carbonyl (C=O) groups excluding carboxylic acids is 1. The predicted molar refractivity (Wildman–Crippen MR) is 122 cm³/mol. The molecule has 1 aromatic carbocycles. The van der Waals surface area contributed by atoms with Crippen molar-refractivity contribution >= 4 is 28.8 Å². The summed E-state index contributed by atoms with van der Waals surface area (Å²) in [6, 6.07) is 10.2. The van der Waals surface area contributed by atoms with E-state index in [0.717, 1.165) is 12.8 Å². The Morgan fingerprint density at radius 3 is 2.70 bits per heavy atom. The van der Waals surface area contributed by atoms with Gasteiger partial charge in [-0.1, -0.05) is 30.3 Å². The summed E-state index contributed by atoms with van der Waals surface area (Å²) in [4.78, 5) is 24.0. The van der Waals surface area contributed by atoms with E-state index in [1.807, 2.05) is 18.2 Å². The topological polar surface area (TPSA) is 174 Å². The van der Waals surface area contributed by atoms with E-state index in [9.17, 15) is 15.0 Å². The van der Waals surface area contributed by atoms with Crippen LogP contribution in [-0.2, 0) is 16.0 Å². The van der Waals surface area contributed by atoms with Crippen LogP contribution in [0.1, 0.15) is 37.5 Å². The normalized spacial score (nSPS) is 22.6. The van der Waals surface area contributed by atoms with Crippen LogP contribution >= 0.6 is 0 Å². The summed E-state index contributed by atoms with van der Waals surface area (Å²) >= 11 is 0. The number of aliphatic hydroxyl groups is 2. The Bertz CT molecular complexity index is 1090. The molecule has 3 aromatic rings. The van der Waals surface area contributed by atoms with Crippen LogP contribution < -0.4 is 16.8 Å². The van der Waals surface area contributed by atoms with Crippen LogP contribution in [0.15, 0.2) is 36.7 Å². The molecule has 1 aliphatic rings. The minimum Gasteiger partial charge on any atom is -0.388 e. The number of aromatic nitrogens is 4. The standard InChI is InChI=1S/C22H29N7O4/c23-15(30)10-4-9-14-17(31)18(32)21(33-14)29-12-26-16-19(24)27-22(28-20(16)29)25-11-5-8-13-6-2-1-3-7-13/h1-3,6-7,12,14,17-18,21,31-32H,4-5,8-11H2,(H2,23,30)(H3,24,25,27,28)/t14-,17?,18?,21-/m1/s1. The molecule has 0 bridgehead atoms. The molecule has 33 heavy (non-hydrogen) atoms. The van der Waals surface area contributed by atoms with Crippen LogP contribution in [0.3, 0.4) is 0 Å². The molecule has 0 spiro atoms. The molecule has 1 amide bonds. The molecule has 11 nitrogen and oxygen atoms in total. The van der Waals surface area contributed by atoms with Crippen molar-refractivity contribution in [2.45, 2.75) is 56.6 Å². The molecule has 4 atom stereocenters. The van der Waals surface area contributed by atoms with Crippen LogP contribution in [0.2, 0.25) is 0 Å². The number of nitrogens with two attached hydrogens (primary N) is 2. The van der Waals surface area contributed by atoms with E-state index in [1.165, 1.54) is 11.9 Å². The van der Waals surface area contributed by atoms with Gasteiger partial charge in [0.1, 0.15) is 17.7 Å². The van der Waals surface area contributed by atoms with Crippen LogP contribution in [0.25, 0.3) is 11.2 Å². The van der Waals surface area contributed by atoms with Crippen LogP contribution in [-0.4, -0.2) is 60.5 Å². The largest absolute Gasteiger partial charge is 0.388 e. The predicted octanol–water partition coefficient (Wildman–Crippen LogP) is 0.728. The lowest BCUT2D eigenvalue weighted by molar-refractivity contribution is -0.118. The molecule has 11 heteroatoms. The number of nitrogens with zero attached hydrogens (tertiary/aromatic N) is 4. The third-order valence-electron chi connectivity index (χ3n) is 5.74. The van der Waals surface area contributed by atoms with E-state index in [1.54, 1.807) is 4.57 Å². The summed E-state index contributed by atoms with van der Waals surface area (Å²) in [6.07, 6.45) is 0.429. The van der Waals surface area contributed by atoms with E-state index < -0.39 is 30.4 Å². The zero-order chi connectivity index (χ0) is 23.4. The van der Waals surface area contributed by atoms with Gasteiger partial charge in [0.15, 0.2) is 17.7 Å². The smallest absolute Gasteiger partial charge is 0.226 e. The SMILES string of the molecule is NC(=O)CCC[C@H]1O[C@@H](n2cnc3c(N)nc(NCCCc4ccccc4)nc32)C(O)C1O. The molecular weight excluding hydrogens is 426 g/mol. The first-order chi connectivity index (χ1) is 15.9. The first-order valence-electron chi connectivity index (χ1n) is 11.0. The number of nitrogen functional groups attached to an aromatic ring is 1. The first kappa shape index (κ1) is 22.9. The number of amides is 1. The highest BCUT2D eigenvalue weighted by molar-refractivity contribution is 5.83. The molecule has 0 saturated carbocycles. The highest BCUT2D eigenvalue weighted by atomic mass is 16.6. The van der Waals surface area contributed by atoms with Crippen molar-refractivity contribution in [3.63, 3.8) is 0 Å². The van der Waals surface area contributed by atoms with E-state index >= 15 is 0 Å². The van der Waals surface area contributed by atoms with Gasteiger partial charge in [-0.3, -0.25) is 9.36 Å². The van der Waals surface area contributed by atoms with Crippen molar-refractivity contribution in [2.24, 2.45) is 5.73 Å². The molecule has 176 valence electrons. The fourth-order valence-electron chi connectivity index (χ4n) is 4.02. The van der Waals surface area contributed by atoms with Gasteiger partial charge in [-0.2, -0.15) is 9.97 Å². The Morgan fingerprint density at radius 1 is 1.15 bits per heavy atom. The molecule has 0 aliphatic carbocycles. The van der Waals surface area contributed by atoms with Crippen molar-refractivity contribution in [2.75, 3.05) is 17.6 Å². The Morgan fingerprint density at radius 2 is 1.94 bits per heavy atom. The molecule has 1 fully saturated rings. The second kappa shape index (κ2) is 10.1. The lowest BCUT2D eigenvalue weighted by Gasteiger charge is -2.17. The van der Waals surface area contributed by atoms with Gasteiger partial charge in [0.05, 0.1) is 12.4 Å². The number of ether oxygens (including phenoxy) is 1. The number of fused-ring (bicyclic) bond motifs is 1. The molecule has 3 heterocycles. The van der Waals surface area contributed by atoms with Gasteiger partial charge in [-0.05, 0) is 31.2 Å². The molecule has 0 radical (unpaired) electrons. The fraction of sp³-hybridized carbons (Fsp3) is 0.455. The number of imidazole rings is 1. The van der Waals surface area contributed by atoms with Crippen LogP contribution in [0.5, 0.6) is 0 Å². The van der Waals surface area contributed by atoms with Gasteiger partial charge in [-0.15, -0.1) is 0 Å². The maximum absolute atomic E-state index is 11.0. The van der Waals surface area contributed by atoms with Crippen molar-refractivity contribution in [1.82, 2.24) is 19.5 Å². The number of anilines is 2. The third kappa shape index (κ3) is 5.21. The molecule has 2 unspecified atom stereocenters. The molecule has 2 aromatic heterocycles. The van der Waals surface area contributed by atoms with Gasteiger partial charge in [0, 0.05) is 13.0 Å². The van der Waals surface area contributed by atoms with Crippen molar-refractivity contribution in [3.8, 4) is 0 Å². The number of aliphatic hydroxyl groups excluding tert-OH is 2. The Kier molecular flexibility index (Phi) is 7.02. The first-order valence-corrected chi connectivity index (χ1v) is 11.0. The van der Waals surface area contributed by atoms with Gasteiger partial charge in [0.2, 0.25) is 11.9 Å². The number of rotatable bonds is 10. The zero-order valence-corrected chi connectivity index (χ0v) is 18.2. The second-order valence-electron chi connectivity index (χ2n) is 8.18. The Balaban J connectivity index is 1.45. The maximum atomic E-state index is 11.0. The number of primary amides is 1. The van der Waals surface area contributed by atoms with Gasteiger partial charge >= 0.3 is 0 Å². The highest BCUT2D eigenvalue weighted by Crippen LogP contribution is 2.34. The molecular formula is C22H29N7O4. The average Bonchev–Trinajstić information content (AvgIpc) is 3.34. The summed E-state index contributed by atoms with van der Waals surface area (Å²) in [5.41, 5.74) is 13.3. The lowest BCUT2D eigenvalue weighted by Crippen LogP contribution is -2.31. The van der Waals surface area contributed by atoms with E-state index in [2.05, 4.69) is 32.4 Å². The van der Waals surface area contributed by atoms with Gasteiger partial charge in [-0.25, -0.2) is 4.98 Å². The molecule has 7 N–H and O–H groups in total. The van der Waals surface area contributed by atoms with Gasteiger partial charge < -0.3 is 31.7 Å². The van der Waals surface area contributed by atoms with E-state index in [0.29, 0.717) is 36.5 Å².